The number of nitrogens with zero attached hydrogens (tertiary/aromatic N) is 3. The molecule has 1 saturated heterocycles. The van der Waals surface area contributed by atoms with Crippen LogP contribution < -0.4 is 5.73 Å². The van der Waals surface area contributed by atoms with Gasteiger partial charge in [0.15, 0.2) is 17.5 Å². The fraction of sp³-hybridized carbons (Fsp3) is 0.571. The van der Waals surface area contributed by atoms with E-state index in [1.54, 1.807) is 0 Å². The monoisotopic (exact) mass is 478 g/mol. The van der Waals surface area contributed by atoms with E-state index in [0.29, 0.717) is 25.5 Å². The van der Waals surface area contributed by atoms with Crippen LogP contribution in [0.3, 0.4) is 0 Å². The van der Waals surface area contributed by atoms with Crippen molar-refractivity contribution in [2.45, 2.75) is 69.6 Å². The van der Waals surface area contributed by atoms with E-state index in [1.807, 2.05) is 0 Å². The third-order valence-electron chi connectivity index (χ3n) is 5.46. The summed E-state index contributed by atoms with van der Waals surface area (Å²) in [7, 11) is 0. The van der Waals surface area contributed by atoms with E-state index in [0.717, 1.165) is 6.07 Å². The number of amides is 1. The van der Waals surface area contributed by atoms with Gasteiger partial charge in [0.25, 0.3) is 0 Å². The van der Waals surface area contributed by atoms with Crippen molar-refractivity contribution in [1.82, 2.24) is 15.0 Å². The zero-order valence-electron chi connectivity index (χ0n) is 17.7. The van der Waals surface area contributed by atoms with Gasteiger partial charge >= 0.3 is 6.18 Å². The molecule has 0 bridgehead atoms. The second-order valence-corrected chi connectivity index (χ2v) is 8.14. The minimum Gasteiger partial charge on any atom is -0.337 e. The van der Waals surface area contributed by atoms with Crippen molar-refractivity contribution in [2.24, 2.45) is 5.73 Å². The van der Waals surface area contributed by atoms with Crippen molar-refractivity contribution in [2.75, 3.05) is 6.54 Å². The minimum atomic E-state index is -4.20. The number of carbonyl (C=O) groups is 1. The lowest BCUT2D eigenvalue weighted by Crippen LogP contribution is -2.36. The first-order chi connectivity index (χ1) is 15.5. The van der Waals surface area contributed by atoms with Crippen LogP contribution in [-0.4, -0.2) is 39.7 Å². The Morgan fingerprint density at radius 3 is 2.64 bits per heavy atom. The van der Waals surface area contributed by atoms with Crippen molar-refractivity contribution in [3.8, 4) is 0 Å². The van der Waals surface area contributed by atoms with Gasteiger partial charge in [-0.3, -0.25) is 4.79 Å². The Labute approximate surface area is 186 Å². The molecule has 3 rings (SSSR count). The number of likely N-dealkylation sites (tertiary alicyclic amines) is 1. The molecule has 1 aromatic heterocycles. The lowest BCUT2D eigenvalue weighted by atomic mass is 10.0. The predicted octanol–water partition coefficient (Wildman–Crippen LogP) is 4.39. The zero-order chi connectivity index (χ0) is 24.2. The summed E-state index contributed by atoms with van der Waals surface area (Å²) in [5.41, 5.74) is 5.83. The Balaban J connectivity index is 1.55. The van der Waals surface area contributed by atoms with E-state index in [1.165, 1.54) is 4.90 Å². The van der Waals surface area contributed by atoms with Gasteiger partial charge in [0, 0.05) is 37.9 Å². The lowest BCUT2D eigenvalue weighted by molar-refractivity contribution is -0.135. The summed E-state index contributed by atoms with van der Waals surface area (Å²) < 4.78 is 82.2. The normalized spacial score (nSPS) is 17.5. The van der Waals surface area contributed by atoms with Crippen molar-refractivity contribution >= 4 is 5.91 Å². The number of unbranched alkanes of at least 4 members (excludes halogenated alkanes) is 1. The number of aryl methyl sites for hydroxylation is 1. The molecule has 2 aromatic rings. The van der Waals surface area contributed by atoms with Crippen LogP contribution in [0, 0.1) is 17.5 Å². The average Bonchev–Trinajstić information content (AvgIpc) is 3.38. The van der Waals surface area contributed by atoms with E-state index in [-0.39, 0.29) is 55.3 Å². The Morgan fingerprint density at radius 1 is 1.18 bits per heavy atom. The van der Waals surface area contributed by atoms with Crippen molar-refractivity contribution in [3.05, 3.63) is 46.9 Å². The lowest BCUT2D eigenvalue weighted by Gasteiger charge is -2.23. The third-order valence-corrected chi connectivity index (χ3v) is 5.46. The summed E-state index contributed by atoms with van der Waals surface area (Å²) in [6.45, 7) is 0.416. The topological polar surface area (TPSA) is 85.3 Å². The van der Waals surface area contributed by atoms with E-state index in [9.17, 15) is 31.1 Å². The Bertz CT molecular complexity index is 965. The van der Waals surface area contributed by atoms with Gasteiger partial charge < -0.3 is 15.2 Å². The number of carbonyl (C=O) groups excluding carboxylic acids is 1. The highest BCUT2D eigenvalue weighted by atomic mass is 19.4. The van der Waals surface area contributed by atoms with Gasteiger partial charge in [0.1, 0.15) is 11.9 Å². The maximum absolute atomic E-state index is 13.8. The molecule has 1 aromatic carbocycles. The molecule has 2 atom stereocenters. The fourth-order valence-electron chi connectivity index (χ4n) is 3.85. The van der Waals surface area contributed by atoms with Crippen molar-refractivity contribution in [3.63, 3.8) is 0 Å². The maximum atomic E-state index is 13.8. The quantitative estimate of drug-likeness (QED) is 0.328. The zero-order valence-corrected chi connectivity index (χ0v) is 17.7. The molecule has 1 fully saturated rings. The van der Waals surface area contributed by atoms with E-state index in [2.05, 4.69) is 10.1 Å². The molecule has 0 spiro atoms. The summed E-state index contributed by atoms with van der Waals surface area (Å²) in [6.07, 6.45) is -3.73. The number of hydrogen-bond acceptors (Lipinski definition) is 5. The van der Waals surface area contributed by atoms with Crippen LogP contribution in [0.5, 0.6) is 0 Å². The molecule has 6 nitrogen and oxygen atoms in total. The second kappa shape index (κ2) is 10.5. The Morgan fingerprint density at radius 2 is 1.91 bits per heavy atom. The van der Waals surface area contributed by atoms with Crippen molar-refractivity contribution < 1.29 is 35.7 Å². The van der Waals surface area contributed by atoms with Gasteiger partial charge in [-0.2, -0.15) is 18.2 Å². The molecule has 1 amide bonds. The van der Waals surface area contributed by atoms with Crippen LogP contribution in [0.1, 0.15) is 61.8 Å². The highest BCUT2D eigenvalue weighted by molar-refractivity contribution is 5.77. The Kier molecular flexibility index (Phi) is 7.98. The van der Waals surface area contributed by atoms with Gasteiger partial charge in [0.05, 0.1) is 0 Å². The number of hydrogen-bond donors (Lipinski definition) is 1. The van der Waals surface area contributed by atoms with Crippen LogP contribution in [0.2, 0.25) is 0 Å². The highest BCUT2D eigenvalue weighted by Gasteiger charge is 2.34. The number of nitrogens with two attached hydrogens (primary N) is 1. The molecule has 1 aliphatic heterocycles. The van der Waals surface area contributed by atoms with Gasteiger partial charge in [-0.15, -0.1) is 0 Å². The number of rotatable bonds is 9. The molecule has 182 valence electrons. The van der Waals surface area contributed by atoms with Crippen LogP contribution >= 0.6 is 0 Å². The van der Waals surface area contributed by atoms with Crippen LogP contribution in [0.15, 0.2) is 16.7 Å². The van der Waals surface area contributed by atoms with Crippen LogP contribution in [0.4, 0.5) is 26.3 Å². The smallest absolute Gasteiger partial charge is 0.337 e. The van der Waals surface area contributed by atoms with E-state index in [4.69, 9.17) is 10.3 Å². The van der Waals surface area contributed by atoms with Gasteiger partial charge in [-0.25, -0.2) is 13.2 Å². The van der Waals surface area contributed by atoms with Gasteiger partial charge in [-0.1, -0.05) is 5.16 Å². The van der Waals surface area contributed by atoms with E-state index >= 15 is 0 Å². The molecule has 0 saturated carbocycles. The van der Waals surface area contributed by atoms with Gasteiger partial charge in [-0.05, 0) is 43.7 Å². The van der Waals surface area contributed by atoms with E-state index < -0.39 is 42.1 Å². The summed E-state index contributed by atoms with van der Waals surface area (Å²) in [6, 6.07) is -0.153. The largest absolute Gasteiger partial charge is 0.389 e. The number of halogens is 6. The van der Waals surface area contributed by atoms with Crippen LogP contribution in [-0.2, 0) is 17.6 Å². The molecular formula is C21H24F6N4O2. The third kappa shape index (κ3) is 6.92. The first kappa shape index (κ1) is 25.0. The maximum Gasteiger partial charge on any atom is 0.389 e. The molecule has 12 heteroatoms. The number of benzene rings is 1. The first-order valence-corrected chi connectivity index (χ1v) is 10.6. The summed E-state index contributed by atoms with van der Waals surface area (Å²) in [5.74, 6) is -3.30. The number of aromatic nitrogens is 2. The standard InChI is InChI=1S/C21H24F6N4O2/c22-14-11-16(24)15(23)9-12(14)8-13(28)10-19(32)31-7-3-4-17(31)20-29-18(30-33-20)5-1-2-6-21(25,26)27/h9,11,13,17H,1-8,10,28H2/t13-,17+/m1/s1. The summed E-state index contributed by atoms with van der Waals surface area (Å²) in [4.78, 5) is 18.5. The Hall–Kier alpha value is -2.63. The van der Waals surface area contributed by atoms with Gasteiger partial charge in [0.2, 0.25) is 11.8 Å². The average molecular weight is 478 g/mol. The molecule has 0 unspecified atom stereocenters. The predicted molar refractivity (Wildman–Crippen MR) is 104 cm³/mol. The first-order valence-electron chi connectivity index (χ1n) is 10.6. The SMILES string of the molecule is N[C@@H](CC(=O)N1CCC[C@H]1c1nc(CCCCC(F)(F)F)no1)Cc1cc(F)c(F)cc1F. The minimum absolute atomic E-state index is 0.0438. The molecule has 2 heterocycles. The molecular weight excluding hydrogens is 454 g/mol. The summed E-state index contributed by atoms with van der Waals surface area (Å²) in [5, 5.41) is 3.79. The van der Waals surface area contributed by atoms with Crippen molar-refractivity contribution in [1.29, 1.82) is 0 Å². The molecule has 1 aliphatic rings. The molecule has 0 radical (unpaired) electrons. The number of alkyl halides is 3. The highest BCUT2D eigenvalue weighted by Crippen LogP contribution is 2.32. The molecule has 33 heavy (non-hydrogen) atoms. The second-order valence-electron chi connectivity index (χ2n) is 8.14. The fourth-order valence-corrected chi connectivity index (χ4v) is 3.85. The summed E-state index contributed by atoms with van der Waals surface area (Å²) >= 11 is 0. The molecule has 2 N–H and O–H groups in total. The van der Waals surface area contributed by atoms with Crippen LogP contribution in [0.25, 0.3) is 0 Å². The molecule has 0 aliphatic carbocycles.